The van der Waals surface area contributed by atoms with Crippen molar-refractivity contribution in [2.75, 3.05) is 26.7 Å². The van der Waals surface area contributed by atoms with Gasteiger partial charge in [-0.1, -0.05) is 0 Å². The average molecular weight is 177 g/mol. The van der Waals surface area contributed by atoms with Crippen LogP contribution in [-0.4, -0.2) is 47.8 Å². The molecule has 1 rings (SSSR count). The second-order valence-electron chi connectivity index (χ2n) is 2.49. The van der Waals surface area contributed by atoms with Crippen LogP contribution in [0.4, 0.5) is 4.79 Å². The van der Waals surface area contributed by atoms with E-state index in [-0.39, 0.29) is 12.5 Å². The molecule has 1 fully saturated rings. The van der Waals surface area contributed by atoms with Crippen molar-refractivity contribution in [1.29, 1.82) is 0 Å². The summed E-state index contributed by atoms with van der Waals surface area (Å²) < 4.78 is 0. The van der Waals surface area contributed by atoms with E-state index < -0.39 is 5.37 Å². The van der Waals surface area contributed by atoms with Crippen molar-refractivity contribution in [1.82, 2.24) is 9.80 Å². The lowest BCUT2D eigenvalue weighted by Gasteiger charge is -2.30. The molecule has 0 aromatic heterocycles. The summed E-state index contributed by atoms with van der Waals surface area (Å²) in [6.45, 7) is 1.21. The van der Waals surface area contributed by atoms with E-state index in [9.17, 15) is 9.59 Å². The molecule has 0 saturated carbocycles. The zero-order valence-electron chi connectivity index (χ0n) is 6.21. The summed E-state index contributed by atoms with van der Waals surface area (Å²) in [7, 11) is 1.71. The molecule has 1 heterocycles. The number of piperazine rings is 1. The van der Waals surface area contributed by atoms with Gasteiger partial charge in [0.05, 0.1) is 0 Å². The molecule has 1 aliphatic heterocycles. The Bertz CT molecular complexity index is 195. The molecule has 1 aliphatic rings. The minimum Gasteiger partial charge on any atom is -0.342 e. The van der Waals surface area contributed by atoms with E-state index in [4.69, 9.17) is 11.6 Å². The highest BCUT2D eigenvalue weighted by Gasteiger charge is 2.23. The van der Waals surface area contributed by atoms with Gasteiger partial charge in [-0.3, -0.25) is 9.59 Å². The Labute approximate surface area is 69.7 Å². The zero-order chi connectivity index (χ0) is 8.43. The van der Waals surface area contributed by atoms with Crippen LogP contribution in [0.25, 0.3) is 0 Å². The number of hydrogen-bond donors (Lipinski definition) is 0. The predicted octanol–water partition coefficient (Wildman–Crippen LogP) is 0.119. The van der Waals surface area contributed by atoms with Crippen molar-refractivity contribution < 1.29 is 9.59 Å². The third-order valence-corrected chi connectivity index (χ3v) is 1.94. The second kappa shape index (κ2) is 3.09. The molecule has 5 heteroatoms. The third kappa shape index (κ3) is 1.83. The number of carbonyl (C=O) groups excluding carboxylic acids is 2. The van der Waals surface area contributed by atoms with Crippen molar-refractivity contribution in [3.63, 3.8) is 0 Å². The van der Waals surface area contributed by atoms with Gasteiger partial charge in [0.1, 0.15) is 6.54 Å². The van der Waals surface area contributed by atoms with Crippen LogP contribution in [0.1, 0.15) is 0 Å². The molecule has 0 radical (unpaired) electrons. The summed E-state index contributed by atoms with van der Waals surface area (Å²) in [4.78, 5) is 24.5. The number of likely N-dealkylation sites (N-methyl/N-ethyl adjacent to an activating group) is 1. The first-order chi connectivity index (χ1) is 5.11. The van der Waals surface area contributed by atoms with Gasteiger partial charge >= 0.3 is 5.37 Å². The van der Waals surface area contributed by atoms with Gasteiger partial charge in [0.15, 0.2) is 0 Å². The summed E-state index contributed by atoms with van der Waals surface area (Å²) >= 11 is 5.19. The molecule has 62 valence electrons. The maximum absolute atomic E-state index is 11.0. The molecule has 2 amide bonds. The maximum atomic E-state index is 11.0. The van der Waals surface area contributed by atoms with Gasteiger partial charge in [-0.25, -0.2) is 0 Å². The number of halogens is 1. The summed E-state index contributed by atoms with van der Waals surface area (Å²) in [6.07, 6.45) is 0. The van der Waals surface area contributed by atoms with Gasteiger partial charge in [0, 0.05) is 20.1 Å². The Morgan fingerprint density at radius 2 is 2.18 bits per heavy atom. The van der Waals surface area contributed by atoms with Gasteiger partial charge in [0.25, 0.3) is 0 Å². The van der Waals surface area contributed by atoms with E-state index in [1.807, 2.05) is 0 Å². The maximum Gasteiger partial charge on any atom is 0.316 e. The Balaban J connectivity index is 2.53. The second-order valence-corrected chi connectivity index (χ2v) is 2.81. The number of carbonyl (C=O) groups is 2. The van der Waals surface area contributed by atoms with Crippen LogP contribution >= 0.6 is 11.6 Å². The monoisotopic (exact) mass is 176 g/mol. The molecule has 4 nitrogen and oxygen atoms in total. The molecule has 0 spiro atoms. The Morgan fingerprint density at radius 1 is 1.55 bits per heavy atom. The minimum absolute atomic E-state index is 0.0646. The Kier molecular flexibility index (Phi) is 2.34. The quantitative estimate of drug-likeness (QED) is 0.389. The molecule has 1 saturated heterocycles. The molecule has 0 N–H and O–H groups in total. The molecule has 11 heavy (non-hydrogen) atoms. The van der Waals surface area contributed by atoms with Crippen LogP contribution in [0.15, 0.2) is 0 Å². The molecule has 0 aromatic carbocycles. The fourth-order valence-electron chi connectivity index (χ4n) is 0.909. The highest BCUT2D eigenvalue weighted by atomic mass is 35.5. The smallest absolute Gasteiger partial charge is 0.316 e. The van der Waals surface area contributed by atoms with Crippen LogP contribution in [0.3, 0.4) is 0 Å². The number of hydrogen-bond acceptors (Lipinski definition) is 2. The van der Waals surface area contributed by atoms with E-state index in [0.717, 1.165) is 0 Å². The van der Waals surface area contributed by atoms with Crippen LogP contribution in [0, 0.1) is 0 Å². The van der Waals surface area contributed by atoms with Crippen LogP contribution in [-0.2, 0) is 4.79 Å². The van der Waals surface area contributed by atoms with Gasteiger partial charge in [-0.2, -0.15) is 0 Å². The van der Waals surface area contributed by atoms with Crippen molar-refractivity contribution in [3.8, 4) is 0 Å². The topological polar surface area (TPSA) is 40.6 Å². The van der Waals surface area contributed by atoms with E-state index in [1.165, 1.54) is 4.90 Å². The third-order valence-electron chi connectivity index (χ3n) is 1.71. The van der Waals surface area contributed by atoms with Crippen LogP contribution in [0.5, 0.6) is 0 Å². The van der Waals surface area contributed by atoms with Crippen LogP contribution < -0.4 is 0 Å². The van der Waals surface area contributed by atoms with Gasteiger partial charge in [0.2, 0.25) is 5.91 Å². The lowest BCUT2D eigenvalue weighted by Crippen LogP contribution is -2.49. The van der Waals surface area contributed by atoms with Gasteiger partial charge < -0.3 is 9.80 Å². The normalized spacial score (nSPS) is 18.9. The van der Waals surface area contributed by atoms with Crippen LogP contribution in [0.2, 0.25) is 0 Å². The number of rotatable bonds is 0. The van der Waals surface area contributed by atoms with E-state index in [2.05, 4.69) is 0 Å². The first-order valence-corrected chi connectivity index (χ1v) is 3.67. The van der Waals surface area contributed by atoms with E-state index in [1.54, 1.807) is 11.9 Å². The van der Waals surface area contributed by atoms with Crippen molar-refractivity contribution in [3.05, 3.63) is 0 Å². The lowest BCUT2D eigenvalue weighted by molar-refractivity contribution is -0.133. The molecule has 0 unspecified atom stereocenters. The number of nitrogens with zero attached hydrogens (tertiary/aromatic N) is 2. The SMILES string of the molecule is CN1CCN(C(=O)Cl)CC1=O. The minimum atomic E-state index is -0.550. The highest BCUT2D eigenvalue weighted by Crippen LogP contribution is 2.03. The fourth-order valence-corrected chi connectivity index (χ4v) is 1.05. The van der Waals surface area contributed by atoms with Crippen molar-refractivity contribution in [2.24, 2.45) is 0 Å². The largest absolute Gasteiger partial charge is 0.342 e. The number of amides is 2. The van der Waals surface area contributed by atoms with Crippen molar-refractivity contribution in [2.45, 2.75) is 0 Å². The average Bonchev–Trinajstić information content (AvgIpc) is 1.94. The van der Waals surface area contributed by atoms with Gasteiger partial charge in [-0.05, 0) is 11.6 Å². The first-order valence-electron chi connectivity index (χ1n) is 3.29. The van der Waals surface area contributed by atoms with Crippen molar-refractivity contribution >= 4 is 22.9 Å². The predicted molar refractivity (Wildman–Crippen MR) is 40.5 cm³/mol. The summed E-state index contributed by atoms with van der Waals surface area (Å²) in [5.74, 6) is -0.0646. The zero-order valence-corrected chi connectivity index (χ0v) is 6.97. The molecular weight excluding hydrogens is 168 g/mol. The summed E-state index contributed by atoms with van der Waals surface area (Å²) in [6, 6.07) is 0. The Hall–Kier alpha value is -0.770. The molecule has 0 atom stereocenters. The molecule has 0 aromatic rings. The highest BCUT2D eigenvalue weighted by molar-refractivity contribution is 6.62. The standard InChI is InChI=1S/C6H9ClN2O2/c1-8-2-3-9(6(7)11)4-5(8)10/h2-4H2,1H3. The van der Waals surface area contributed by atoms with E-state index >= 15 is 0 Å². The lowest BCUT2D eigenvalue weighted by atomic mass is 10.3. The molecule has 0 bridgehead atoms. The summed E-state index contributed by atoms with van der Waals surface area (Å²) in [5.41, 5.74) is 0. The fraction of sp³-hybridized carbons (Fsp3) is 0.667. The van der Waals surface area contributed by atoms with Gasteiger partial charge in [-0.15, -0.1) is 0 Å². The first kappa shape index (κ1) is 8.33. The Morgan fingerprint density at radius 3 is 2.64 bits per heavy atom. The molecular formula is C6H9ClN2O2. The molecule has 0 aliphatic carbocycles. The summed E-state index contributed by atoms with van der Waals surface area (Å²) in [5, 5.41) is -0.550. The van der Waals surface area contributed by atoms with E-state index in [0.29, 0.717) is 13.1 Å².